The molecule has 0 aliphatic rings. The Bertz CT molecular complexity index is 599. The van der Waals surface area contributed by atoms with Crippen LogP contribution in [0.4, 0.5) is 13.2 Å². The summed E-state index contributed by atoms with van der Waals surface area (Å²) in [6, 6.07) is 6.92. The molecule has 0 radical (unpaired) electrons. The van der Waals surface area contributed by atoms with Crippen LogP contribution in [0.1, 0.15) is 17.2 Å². The first kappa shape index (κ1) is 15.0. The van der Waals surface area contributed by atoms with Crippen molar-refractivity contribution in [1.29, 1.82) is 0 Å². The monoisotopic (exact) mass is 344 g/mol. The van der Waals surface area contributed by atoms with Gasteiger partial charge in [-0.3, -0.25) is 11.3 Å². The zero-order valence-corrected chi connectivity index (χ0v) is 11.9. The number of halogens is 4. The van der Waals surface area contributed by atoms with Gasteiger partial charge in [-0.05, 0) is 42.3 Å². The third kappa shape index (κ3) is 3.20. The smallest absolute Gasteiger partial charge is 0.130 e. The summed E-state index contributed by atoms with van der Waals surface area (Å²) in [7, 11) is 0. The molecule has 0 saturated heterocycles. The Labute approximate surface area is 122 Å². The molecule has 1 atom stereocenters. The van der Waals surface area contributed by atoms with Crippen molar-refractivity contribution in [1.82, 2.24) is 5.43 Å². The molecule has 106 valence electrons. The number of hydrogen-bond donors (Lipinski definition) is 2. The van der Waals surface area contributed by atoms with E-state index in [9.17, 15) is 13.2 Å². The molecular formula is C14H12BrF3N2. The molecule has 0 aliphatic heterocycles. The van der Waals surface area contributed by atoms with Gasteiger partial charge in [-0.25, -0.2) is 13.2 Å². The Morgan fingerprint density at radius 1 is 1.10 bits per heavy atom. The Kier molecular flexibility index (Phi) is 4.80. The van der Waals surface area contributed by atoms with Crippen molar-refractivity contribution in [3.63, 3.8) is 0 Å². The van der Waals surface area contributed by atoms with E-state index in [2.05, 4.69) is 21.4 Å². The first-order valence-electron chi connectivity index (χ1n) is 5.87. The van der Waals surface area contributed by atoms with E-state index in [0.717, 1.165) is 12.1 Å². The molecule has 0 heterocycles. The van der Waals surface area contributed by atoms with Crippen molar-refractivity contribution in [2.45, 2.75) is 12.5 Å². The molecule has 0 bridgehead atoms. The fraction of sp³-hybridized carbons (Fsp3) is 0.143. The molecule has 2 aromatic carbocycles. The Morgan fingerprint density at radius 3 is 2.35 bits per heavy atom. The Balaban J connectivity index is 2.36. The van der Waals surface area contributed by atoms with Gasteiger partial charge in [0.05, 0.1) is 6.04 Å². The SMILES string of the molecule is NNC(Cc1cc(F)ccc1Br)c1c(F)cccc1F. The predicted molar refractivity (Wildman–Crippen MR) is 74.2 cm³/mol. The molecule has 2 nitrogen and oxygen atoms in total. The van der Waals surface area contributed by atoms with Gasteiger partial charge >= 0.3 is 0 Å². The van der Waals surface area contributed by atoms with E-state index in [-0.39, 0.29) is 12.0 Å². The van der Waals surface area contributed by atoms with Crippen LogP contribution in [0.2, 0.25) is 0 Å². The third-order valence-electron chi connectivity index (χ3n) is 2.98. The molecule has 20 heavy (non-hydrogen) atoms. The van der Waals surface area contributed by atoms with Gasteiger partial charge in [-0.2, -0.15) is 0 Å². The maximum Gasteiger partial charge on any atom is 0.130 e. The van der Waals surface area contributed by atoms with E-state index in [4.69, 9.17) is 5.84 Å². The lowest BCUT2D eigenvalue weighted by atomic mass is 9.98. The van der Waals surface area contributed by atoms with Crippen molar-refractivity contribution in [3.8, 4) is 0 Å². The van der Waals surface area contributed by atoms with Crippen LogP contribution in [-0.4, -0.2) is 0 Å². The quantitative estimate of drug-likeness (QED) is 0.656. The molecule has 2 aromatic rings. The Morgan fingerprint density at radius 2 is 1.75 bits per heavy atom. The number of rotatable bonds is 4. The zero-order chi connectivity index (χ0) is 14.7. The maximum absolute atomic E-state index is 13.7. The van der Waals surface area contributed by atoms with E-state index in [1.165, 1.54) is 24.3 Å². The second-order valence-corrected chi connectivity index (χ2v) is 5.15. The lowest BCUT2D eigenvalue weighted by molar-refractivity contribution is 0.472. The van der Waals surface area contributed by atoms with Gasteiger partial charge in [0.25, 0.3) is 0 Å². The molecule has 0 amide bonds. The van der Waals surface area contributed by atoms with Crippen molar-refractivity contribution in [2.24, 2.45) is 5.84 Å². The summed E-state index contributed by atoms with van der Waals surface area (Å²) in [5.74, 6) is 3.57. The molecular weight excluding hydrogens is 333 g/mol. The average Bonchev–Trinajstić information content (AvgIpc) is 2.41. The highest BCUT2D eigenvalue weighted by Gasteiger charge is 2.20. The second kappa shape index (κ2) is 6.39. The van der Waals surface area contributed by atoms with Crippen LogP contribution in [0.25, 0.3) is 0 Å². The fourth-order valence-corrected chi connectivity index (χ4v) is 2.42. The second-order valence-electron chi connectivity index (χ2n) is 4.29. The standard InChI is InChI=1S/C14H12BrF3N2/c15-10-5-4-9(16)6-8(10)7-13(20-19)14-11(17)2-1-3-12(14)18/h1-6,13,20H,7,19H2. The van der Waals surface area contributed by atoms with Crippen LogP contribution < -0.4 is 11.3 Å². The Hall–Kier alpha value is -1.37. The van der Waals surface area contributed by atoms with Gasteiger partial charge in [0.15, 0.2) is 0 Å². The van der Waals surface area contributed by atoms with Crippen LogP contribution in [0.5, 0.6) is 0 Å². The minimum absolute atomic E-state index is 0.146. The van der Waals surface area contributed by atoms with Gasteiger partial charge in [-0.1, -0.05) is 22.0 Å². The van der Waals surface area contributed by atoms with Crippen LogP contribution in [0.15, 0.2) is 40.9 Å². The van der Waals surface area contributed by atoms with Gasteiger partial charge in [-0.15, -0.1) is 0 Å². The molecule has 3 N–H and O–H groups in total. The number of nitrogens with two attached hydrogens (primary N) is 1. The summed E-state index contributed by atoms with van der Waals surface area (Å²) in [5.41, 5.74) is 2.78. The van der Waals surface area contributed by atoms with E-state index in [1.807, 2.05) is 0 Å². The van der Waals surface area contributed by atoms with Gasteiger partial charge in [0, 0.05) is 10.0 Å². The highest BCUT2D eigenvalue weighted by atomic mass is 79.9. The molecule has 0 fully saturated rings. The minimum Gasteiger partial charge on any atom is -0.271 e. The van der Waals surface area contributed by atoms with E-state index < -0.39 is 23.5 Å². The highest BCUT2D eigenvalue weighted by molar-refractivity contribution is 9.10. The maximum atomic E-state index is 13.7. The largest absolute Gasteiger partial charge is 0.271 e. The minimum atomic E-state index is -0.797. The van der Waals surface area contributed by atoms with E-state index in [0.29, 0.717) is 10.0 Å². The first-order chi connectivity index (χ1) is 9.52. The van der Waals surface area contributed by atoms with Gasteiger partial charge < -0.3 is 0 Å². The molecule has 0 aromatic heterocycles. The summed E-state index contributed by atoms with van der Waals surface area (Å²) >= 11 is 3.27. The van der Waals surface area contributed by atoms with Crippen molar-refractivity contribution in [2.75, 3.05) is 0 Å². The fourth-order valence-electron chi connectivity index (χ4n) is 2.01. The lowest BCUT2D eigenvalue weighted by Crippen LogP contribution is -2.31. The predicted octanol–water partition coefficient (Wildman–Crippen LogP) is 3.61. The molecule has 2 rings (SSSR count). The number of benzene rings is 2. The first-order valence-corrected chi connectivity index (χ1v) is 6.66. The van der Waals surface area contributed by atoms with Crippen LogP contribution >= 0.6 is 15.9 Å². The zero-order valence-electron chi connectivity index (χ0n) is 10.3. The number of hydrogen-bond acceptors (Lipinski definition) is 2. The van der Waals surface area contributed by atoms with Crippen molar-refractivity contribution < 1.29 is 13.2 Å². The normalized spacial score (nSPS) is 12.4. The lowest BCUT2D eigenvalue weighted by Gasteiger charge is -2.18. The molecule has 0 saturated carbocycles. The molecule has 6 heteroatoms. The topological polar surface area (TPSA) is 38.0 Å². The molecule has 1 unspecified atom stereocenters. The summed E-state index contributed by atoms with van der Waals surface area (Å²) < 4.78 is 41.4. The summed E-state index contributed by atoms with van der Waals surface area (Å²) in [4.78, 5) is 0. The summed E-state index contributed by atoms with van der Waals surface area (Å²) in [6.45, 7) is 0. The van der Waals surface area contributed by atoms with Crippen molar-refractivity contribution >= 4 is 15.9 Å². The van der Waals surface area contributed by atoms with Gasteiger partial charge in [0.1, 0.15) is 17.5 Å². The number of nitrogens with one attached hydrogen (secondary N) is 1. The van der Waals surface area contributed by atoms with E-state index in [1.54, 1.807) is 0 Å². The van der Waals surface area contributed by atoms with E-state index >= 15 is 0 Å². The van der Waals surface area contributed by atoms with Gasteiger partial charge in [0.2, 0.25) is 0 Å². The summed E-state index contributed by atoms with van der Waals surface area (Å²) in [6.07, 6.45) is 0.146. The summed E-state index contributed by atoms with van der Waals surface area (Å²) in [5, 5.41) is 0. The number of hydrazine groups is 1. The molecule has 0 aliphatic carbocycles. The van der Waals surface area contributed by atoms with Crippen LogP contribution in [0.3, 0.4) is 0 Å². The van der Waals surface area contributed by atoms with Crippen molar-refractivity contribution in [3.05, 3.63) is 69.4 Å². The average molecular weight is 345 g/mol. The van der Waals surface area contributed by atoms with Crippen LogP contribution in [0, 0.1) is 17.5 Å². The third-order valence-corrected chi connectivity index (χ3v) is 3.75. The highest BCUT2D eigenvalue weighted by Crippen LogP contribution is 2.27. The molecule has 0 spiro atoms. The van der Waals surface area contributed by atoms with Crippen LogP contribution in [-0.2, 0) is 6.42 Å².